The second kappa shape index (κ2) is 9.01. The number of nitrogens with one attached hydrogen (secondary N) is 3. The third-order valence-corrected chi connectivity index (χ3v) is 6.26. The molecule has 2 aliphatic rings. The van der Waals surface area contributed by atoms with E-state index < -0.39 is 11.9 Å². The van der Waals surface area contributed by atoms with Crippen LogP contribution in [0.1, 0.15) is 59.4 Å². The molecule has 0 radical (unpaired) electrons. The number of carbonyl (C=O) groups excluding carboxylic acids is 3. The highest BCUT2D eigenvalue weighted by Gasteiger charge is 2.33. The van der Waals surface area contributed by atoms with Gasteiger partial charge in [0.25, 0.3) is 5.56 Å². The molecular formula is C24H27N5O4. The molecule has 2 aromatic rings. The molecule has 4 rings (SSSR count). The Morgan fingerprint density at radius 3 is 2.70 bits per heavy atom. The molecule has 0 saturated carbocycles. The van der Waals surface area contributed by atoms with Crippen molar-refractivity contribution in [3.63, 3.8) is 0 Å². The molecule has 9 heteroatoms. The predicted octanol–water partition coefficient (Wildman–Crippen LogP) is 2.47. The van der Waals surface area contributed by atoms with Gasteiger partial charge in [0.15, 0.2) is 0 Å². The van der Waals surface area contributed by atoms with Crippen molar-refractivity contribution >= 4 is 29.6 Å². The fraction of sp³-hybridized carbons (Fsp3) is 0.375. The van der Waals surface area contributed by atoms with Gasteiger partial charge in [-0.05, 0) is 62.9 Å². The van der Waals surface area contributed by atoms with Crippen molar-refractivity contribution in [1.29, 1.82) is 0 Å². The standard InChI is InChI=1S/C24H27N5O4/c1-13-7-8-17(11-14(13)2)27-24(33)25-12-16-5-4-6-18-21(16)23(32)29(15(3)26-18)19-9-10-20(30)28-22(19)31/h4,6-8,11,16,19H,5,9-10,12H2,1-3H3,(H2,25,27,33)(H,28,30,31). The maximum absolute atomic E-state index is 13.5. The van der Waals surface area contributed by atoms with E-state index in [4.69, 9.17) is 0 Å². The highest BCUT2D eigenvalue weighted by Crippen LogP contribution is 2.27. The zero-order valence-corrected chi connectivity index (χ0v) is 18.9. The van der Waals surface area contributed by atoms with Crippen LogP contribution in [0.2, 0.25) is 0 Å². The molecule has 2 atom stereocenters. The van der Waals surface area contributed by atoms with Crippen molar-refractivity contribution in [1.82, 2.24) is 20.2 Å². The lowest BCUT2D eigenvalue weighted by molar-refractivity contribution is -0.135. The summed E-state index contributed by atoms with van der Waals surface area (Å²) in [6.07, 6.45) is 4.71. The predicted molar refractivity (Wildman–Crippen MR) is 124 cm³/mol. The second-order valence-corrected chi connectivity index (χ2v) is 8.57. The molecular weight excluding hydrogens is 422 g/mol. The van der Waals surface area contributed by atoms with E-state index >= 15 is 0 Å². The fourth-order valence-corrected chi connectivity index (χ4v) is 4.34. The number of allylic oxidation sites excluding steroid dienone is 1. The molecule has 1 fully saturated rings. The summed E-state index contributed by atoms with van der Waals surface area (Å²) in [4.78, 5) is 54.4. The summed E-state index contributed by atoms with van der Waals surface area (Å²) in [6.45, 7) is 5.90. The number of carbonyl (C=O) groups is 3. The Bertz CT molecular complexity index is 1230. The molecule has 33 heavy (non-hydrogen) atoms. The number of aryl methyl sites for hydroxylation is 3. The van der Waals surface area contributed by atoms with Crippen LogP contribution in [0, 0.1) is 20.8 Å². The normalized spacial score (nSPS) is 19.6. The molecule has 2 unspecified atom stereocenters. The van der Waals surface area contributed by atoms with Crippen molar-refractivity contribution in [2.75, 3.05) is 11.9 Å². The van der Waals surface area contributed by atoms with Crippen LogP contribution in [-0.2, 0) is 9.59 Å². The van der Waals surface area contributed by atoms with Crippen molar-refractivity contribution in [3.05, 3.63) is 62.8 Å². The van der Waals surface area contributed by atoms with Crippen molar-refractivity contribution in [2.24, 2.45) is 0 Å². The first-order chi connectivity index (χ1) is 15.7. The quantitative estimate of drug-likeness (QED) is 0.619. The number of rotatable bonds is 4. The Morgan fingerprint density at radius 1 is 1.18 bits per heavy atom. The zero-order chi connectivity index (χ0) is 23.7. The lowest BCUT2D eigenvalue weighted by Crippen LogP contribution is -2.46. The molecule has 1 aliphatic carbocycles. The Balaban J connectivity index is 1.54. The topological polar surface area (TPSA) is 122 Å². The van der Waals surface area contributed by atoms with Crippen LogP contribution in [0.3, 0.4) is 0 Å². The smallest absolute Gasteiger partial charge is 0.319 e. The van der Waals surface area contributed by atoms with Gasteiger partial charge in [-0.1, -0.05) is 12.1 Å². The fourth-order valence-electron chi connectivity index (χ4n) is 4.34. The monoisotopic (exact) mass is 449 g/mol. The Morgan fingerprint density at radius 2 is 1.97 bits per heavy atom. The Hall–Kier alpha value is -3.75. The third kappa shape index (κ3) is 4.57. The zero-order valence-electron chi connectivity index (χ0n) is 18.9. The largest absolute Gasteiger partial charge is 0.337 e. The van der Waals surface area contributed by atoms with E-state index in [1.807, 2.05) is 38.1 Å². The molecule has 1 aromatic heterocycles. The highest BCUT2D eigenvalue weighted by atomic mass is 16.2. The molecule has 9 nitrogen and oxygen atoms in total. The number of nitrogens with zero attached hydrogens (tertiary/aromatic N) is 2. The average molecular weight is 450 g/mol. The van der Waals surface area contributed by atoms with Gasteiger partial charge in [-0.2, -0.15) is 0 Å². The van der Waals surface area contributed by atoms with Gasteiger partial charge < -0.3 is 10.6 Å². The van der Waals surface area contributed by atoms with Gasteiger partial charge in [0.05, 0.1) is 5.69 Å². The van der Waals surface area contributed by atoms with E-state index in [-0.39, 0.29) is 42.8 Å². The first-order valence-corrected chi connectivity index (χ1v) is 11.0. The molecule has 4 amide bonds. The average Bonchev–Trinajstić information content (AvgIpc) is 2.76. The van der Waals surface area contributed by atoms with E-state index in [2.05, 4.69) is 20.9 Å². The molecule has 1 aromatic carbocycles. The van der Waals surface area contributed by atoms with Crippen LogP contribution in [0.4, 0.5) is 10.5 Å². The number of hydrogen-bond donors (Lipinski definition) is 3. The first kappa shape index (κ1) is 22.4. The number of fused-ring (bicyclic) bond motifs is 1. The van der Waals surface area contributed by atoms with Crippen molar-refractivity contribution in [3.8, 4) is 0 Å². The van der Waals surface area contributed by atoms with Crippen LogP contribution < -0.4 is 21.5 Å². The minimum Gasteiger partial charge on any atom is -0.337 e. The summed E-state index contributed by atoms with van der Waals surface area (Å²) in [5.74, 6) is -0.700. The van der Waals surface area contributed by atoms with Crippen LogP contribution in [0.25, 0.3) is 6.08 Å². The van der Waals surface area contributed by atoms with Gasteiger partial charge in [0.2, 0.25) is 11.8 Å². The molecule has 172 valence electrons. The summed E-state index contributed by atoms with van der Waals surface area (Å²) >= 11 is 0. The van der Waals surface area contributed by atoms with Gasteiger partial charge in [-0.3, -0.25) is 24.3 Å². The highest BCUT2D eigenvalue weighted by molar-refractivity contribution is 5.99. The maximum atomic E-state index is 13.5. The van der Waals surface area contributed by atoms with Crippen LogP contribution >= 0.6 is 0 Å². The number of urea groups is 1. The Kier molecular flexibility index (Phi) is 6.13. The molecule has 3 N–H and O–H groups in total. The number of benzene rings is 1. The van der Waals surface area contributed by atoms with Gasteiger partial charge in [0, 0.05) is 30.1 Å². The number of anilines is 1. The number of amides is 4. The van der Waals surface area contributed by atoms with Gasteiger partial charge >= 0.3 is 6.03 Å². The third-order valence-electron chi connectivity index (χ3n) is 6.26. The van der Waals surface area contributed by atoms with E-state index in [0.29, 0.717) is 29.2 Å². The van der Waals surface area contributed by atoms with Crippen LogP contribution in [0.15, 0.2) is 29.1 Å². The van der Waals surface area contributed by atoms with Crippen LogP contribution in [0.5, 0.6) is 0 Å². The van der Waals surface area contributed by atoms with Crippen molar-refractivity contribution in [2.45, 2.75) is 52.0 Å². The van der Waals surface area contributed by atoms with Gasteiger partial charge in [-0.25, -0.2) is 9.78 Å². The number of aromatic nitrogens is 2. The summed E-state index contributed by atoms with van der Waals surface area (Å²) in [5.41, 5.74) is 3.62. The molecule has 0 spiro atoms. The molecule has 2 heterocycles. The Labute approximate surface area is 191 Å². The second-order valence-electron chi connectivity index (χ2n) is 8.57. The summed E-state index contributed by atoms with van der Waals surface area (Å²) in [5, 5.41) is 7.97. The number of imide groups is 1. The summed E-state index contributed by atoms with van der Waals surface area (Å²) in [6, 6.07) is 4.55. The molecule has 0 bridgehead atoms. The molecule has 1 saturated heterocycles. The number of piperidine rings is 1. The first-order valence-electron chi connectivity index (χ1n) is 11.0. The van der Waals surface area contributed by atoms with Gasteiger partial charge in [-0.15, -0.1) is 0 Å². The minimum atomic E-state index is -0.777. The van der Waals surface area contributed by atoms with E-state index in [0.717, 1.165) is 11.1 Å². The molecule has 1 aliphatic heterocycles. The number of hydrogen-bond acceptors (Lipinski definition) is 5. The summed E-state index contributed by atoms with van der Waals surface area (Å²) in [7, 11) is 0. The van der Waals surface area contributed by atoms with E-state index in [9.17, 15) is 19.2 Å². The SMILES string of the molecule is Cc1ccc(NC(=O)NCC2CC=Cc3nc(C)n(C4CCC(=O)NC4=O)c(=O)c32)cc1C. The van der Waals surface area contributed by atoms with E-state index in [1.165, 1.54) is 4.57 Å². The van der Waals surface area contributed by atoms with E-state index in [1.54, 1.807) is 13.0 Å². The van der Waals surface area contributed by atoms with Crippen molar-refractivity contribution < 1.29 is 14.4 Å². The lowest BCUT2D eigenvalue weighted by Gasteiger charge is -2.27. The minimum absolute atomic E-state index is 0.170. The lowest BCUT2D eigenvalue weighted by atomic mass is 9.90. The van der Waals surface area contributed by atoms with Gasteiger partial charge in [0.1, 0.15) is 11.9 Å². The maximum Gasteiger partial charge on any atom is 0.319 e. The summed E-state index contributed by atoms with van der Waals surface area (Å²) < 4.78 is 1.38. The van der Waals surface area contributed by atoms with Crippen LogP contribution in [-0.4, -0.2) is 33.9 Å².